The average molecular weight is 317 g/mol. The summed E-state index contributed by atoms with van der Waals surface area (Å²) in [6.45, 7) is 5.32. The fourth-order valence-electron chi connectivity index (χ4n) is 3.50. The minimum Gasteiger partial charge on any atom is -0.355 e. The Morgan fingerprint density at radius 1 is 0.958 bits per heavy atom. The summed E-state index contributed by atoms with van der Waals surface area (Å²) in [7, 11) is 0. The number of rotatable bonds is 4. The number of aromatic nitrogens is 1. The first-order valence-corrected chi connectivity index (χ1v) is 8.67. The van der Waals surface area contributed by atoms with Gasteiger partial charge in [0, 0.05) is 31.1 Å². The zero-order chi connectivity index (χ0) is 16.4. The minimum atomic E-state index is 0.499. The summed E-state index contributed by atoms with van der Waals surface area (Å²) in [4.78, 5) is 7.25. The Labute approximate surface area is 143 Å². The number of pyridine rings is 1. The largest absolute Gasteiger partial charge is 0.355 e. The van der Waals surface area contributed by atoms with E-state index < -0.39 is 0 Å². The molecule has 2 aromatic carbocycles. The third kappa shape index (κ3) is 3.13. The summed E-state index contributed by atoms with van der Waals surface area (Å²) >= 11 is 0. The standard InChI is InChI=1S/C21H23N3/c1-16-14-24(15-20(16)22-13-17-7-3-2-4-8-17)21-12-11-18-9-5-6-10-19(18)23-21/h2-12,16,20,22H,13-15H2,1H3. The number of para-hydroxylation sites is 1. The van der Waals surface area contributed by atoms with Gasteiger partial charge in [0.15, 0.2) is 0 Å². The summed E-state index contributed by atoms with van der Waals surface area (Å²) in [5, 5.41) is 4.92. The molecule has 0 saturated carbocycles. The maximum Gasteiger partial charge on any atom is 0.129 e. The van der Waals surface area contributed by atoms with Crippen LogP contribution in [0.2, 0.25) is 0 Å². The van der Waals surface area contributed by atoms with Crippen LogP contribution in [0.3, 0.4) is 0 Å². The lowest BCUT2D eigenvalue weighted by Gasteiger charge is -2.18. The first kappa shape index (κ1) is 15.2. The monoisotopic (exact) mass is 317 g/mol. The van der Waals surface area contributed by atoms with Crippen molar-refractivity contribution in [1.29, 1.82) is 0 Å². The highest BCUT2D eigenvalue weighted by molar-refractivity contribution is 5.80. The van der Waals surface area contributed by atoms with E-state index in [4.69, 9.17) is 4.98 Å². The second-order valence-corrected chi connectivity index (χ2v) is 6.72. The van der Waals surface area contributed by atoms with Gasteiger partial charge in [0.2, 0.25) is 0 Å². The second kappa shape index (κ2) is 6.62. The van der Waals surface area contributed by atoms with Crippen molar-refractivity contribution in [3.05, 3.63) is 72.3 Å². The number of nitrogens with one attached hydrogen (secondary N) is 1. The number of hydrogen-bond donors (Lipinski definition) is 1. The summed E-state index contributed by atoms with van der Waals surface area (Å²) < 4.78 is 0. The van der Waals surface area contributed by atoms with Crippen LogP contribution in [0.4, 0.5) is 5.82 Å². The Kier molecular flexibility index (Phi) is 4.18. The Balaban J connectivity index is 1.45. The topological polar surface area (TPSA) is 28.2 Å². The van der Waals surface area contributed by atoms with Crippen molar-refractivity contribution in [3.63, 3.8) is 0 Å². The van der Waals surface area contributed by atoms with Crippen LogP contribution >= 0.6 is 0 Å². The van der Waals surface area contributed by atoms with Gasteiger partial charge < -0.3 is 10.2 Å². The molecular weight excluding hydrogens is 294 g/mol. The highest BCUT2D eigenvalue weighted by atomic mass is 15.2. The van der Waals surface area contributed by atoms with E-state index in [0.29, 0.717) is 12.0 Å². The van der Waals surface area contributed by atoms with Gasteiger partial charge in [-0.05, 0) is 29.7 Å². The van der Waals surface area contributed by atoms with Crippen molar-refractivity contribution in [3.8, 4) is 0 Å². The molecule has 24 heavy (non-hydrogen) atoms. The van der Waals surface area contributed by atoms with Crippen molar-refractivity contribution in [1.82, 2.24) is 10.3 Å². The average Bonchev–Trinajstić information content (AvgIpc) is 3.01. The third-order valence-corrected chi connectivity index (χ3v) is 4.93. The van der Waals surface area contributed by atoms with Gasteiger partial charge in [0.25, 0.3) is 0 Å². The first-order chi connectivity index (χ1) is 11.8. The van der Waals surface area contributed by atoms with Gasteiger partial charge in [0.1, 0.15) is 5.82 Å². The lowest BCUT2D eigenvalue weighted by atomic mass is 10.1. The van der Waals surface area contributed by atoms with Crippen LogP contribution in [0.25, 0.3) is 10.9 Å². The number of hydrogen-bond acceptors (Lipinski definition) is 3. The second-order valence-electron chi connectivity index (χ2n) is 6.72. The van der Waals surface area contributed by atoms with E-state index in [1.165, 1.54) is 10.9 Å². The van der Waals surface area contributed by atoms with Crippen molar-refractivity contribution in [2.24, 2.45) is 5.92 Å². The normalized spacial score (nSPS) is 20.6. The van der Waals surface area contributed by atoms with Gasteiger partial charge in [-0.25, -0.2) is 4.98 Å². The van der Waals surface area contributed by atoms with E-state index in [1.54, 1.807) is 0 Å². The molecule has 2 heterocycles. The van der Waals surface area contributed by atoms with Crippen molar-refractivity contribution >= 4 is 16.7 Å². The molecule has 0 spiro atoms. The van der Waals surface area contributed by atoms with Crippen molar-refractivity contribution < 1.29 is 0 Å². The molecule has 0 aliphatic carbocycles. The van der Waals surface area contributed by atoms with Crippen molar-refractivity contribution in [2.45, 2.75) is 19.5 Å². The Hall–Kier alpha value is -2.39. The van der Waals surface area contributed by atoms with Gasteiger partial charge in [-0.1, -0.05) is 55.5 Å². The van der Waals surface area contributed by atoms with Gasteiger partial charge in [-0.2, -0.15) is 0 Å². The molecular formula is C21H23N3. The minimum absolute atomic E-state index is 0.499. The van der Waals surface area contributed by atoms with E-state index in [0.717, 1.165) is 31.0 Å². The predicted octanol–water partition coefficient (Wildman–Crippen LogP) is 3.85. The molecule has 122 valence electrons. The molecule has 1 aromatic heterocycles. The molecule has 4 rings (SSSR count). The molecule has 0 radical (unpaired) electrons. The van der Waals surface area contributed by atoms with Crippen LogP contribution in [-0.2, 0) is 6.54 Å². The number of benzene rings is 2. The van der Waals surface area contributed by atoms with Gasteiger partial charge >= 0.3 is 0 Å². The van der Waals surface area contributed by atoms with Crippen LogP contribution in [0, 0.1) is 5.92 Å². The van der Waals surface area contributed by atoms with Gasteiger partial charge in [-0.3, -0.25) is 0 Å². The quantitative estimate of drug-likeness (QED) is 0.792. The van der Waals surface area contributed by atoms with E-state index in [9.17, 15) is 0 Å². The Morgan fingerprint density at radius 2 is 1.75 bits per heavy atom. The molecule has 0 bridgehead atoms. The molecule has 0 amide bonds. The van der Waals surface area contributed by atoms with Crippen LogP contribution in [0.1, 0.15) is 12.5 Å². The molecule has 1 aliphatic heterocycles. The zero-order valence-corrected chi connectivity index (χ0v) is 14.0. The Bertz CT molecular complexity index is 815. The predicted molar refractivity (Wildman–Crippen MR) is 100 cm³/mol. The molecule has 1 N–H and O–H groups in total. The maximum absolute atomic E-state index is 4.84. The van der Waals surface area contributed by atoms with E-state index in [1.807, 2.05) is 0 Å². The SMILES string of the molecule is CC1CN(c2ccc3ccccc3n2)CC1NCc1ccccc1. The molecule has 1 saturated heterocycles. The van der Waals surface area contributed by atoms with Crippen molar-refractivity contribution in [2.75, 3.05) is 18.0 Å². The van der Waals surface area contributed by atoms with Crippen LogP contribution in [-0.4, -0.2) is 24.1 Å². The zero-order valence-electron chi connectivity index (χ0n) is 14.0. The highest BCUT2D eigenvalue weighted by Crippen LogP contribution is 2.24. The Morgan fingerprint density at radius 3 is 2.62 bits per heavy atom. The number of fused-ring (bicyclic) bond motifs is 1. The first-order valence-electron chi connectivity index (χ1n) is 8.67. The maximum atomic E-state index is 4.84. The van der Waals surface area contributed by atoms with Gasteiger partial charge in [0.05, 0.1) is 5.52 Å². The lowest BCUT2D eigenvalue weighted by Crippen LogP contribution is -2.35. The summed E-state index contributed by atoms with van der Waals surface area (Å²) in [6, 6.07) is 23.7. The van der Waals surface area contributed by atoms with Crippen LogP contribution in [0.15, 0.2) is 66.7 Å². The molecule has 1 fully saturated rings. The van der Waals surface area contributed by atoms with E-state index in [-0.39, 0.29) is 0 Å². The van der Waals surface area contributed by atoms with Gasteiger partial charge in [-0.15, -0.1) is 0 Å². The lowest BCUT2D eigenvalue weighted by molar-refractivity contribution is 0.453. The fourth-order valence-corrected chi connectivity index (χ4v) is 3.50. The number of nitrogens with zero attached hydrogens (tertiary/aromatic N) is 2. The number of anilines is 1. The fraction of sp³-hybridized carbons (Fsp3) is 0.286. The molecule has 2 atom stereocenters. The van der Waals surface area contributed by atoms with E-state index in [2.05, 4.69) is 83.9 Å². The molecule has 3 aromatic rings. The highest BCUT2D eigenvalue weighted by Gasteiger charge is 2.29. The molecule has 3 heteroatoms. The third-order valence-electron chi connectivity index (χ3n) is 4.93. The molecule has 1 aliphatic rings. The molecule has 2 unspecified atom stereocenters. The van der Waals surface area contributed by atoms with Crippen LogP contribution in [0.5, 0.6) is 0 Å². The summed E-state index contributed by atoms with van der Waals surface area (Å²) in [5.74, 6) is 1.70. The smallest absolute Gasteiger partial charge is 0.129 e. The summed E-state index contributed by atoms with van der Waals surface area (Å²) in [6.07, 6.45) is 0. The van der Waals surface area contributed by atoms with Crippen LogP contribution < -0.4 is 10.2 Å². The summed E-state index contributed by atoms with van der Waals surface area (Å²) in [5.41, 5.74) is 2.41. The van der Waals surface area contributed by atoms with E-state index >= 15 is 0 Å². The molecule has 3 nitrogen and oxygen atoms in total.